The van der Waals surface area contributed by atoms with Crippen LogP contribution in [0.25, 0.3) is 0 Å². The van der Waals surface area contributed by atoms with E-state index in [4.69, 9.17) is 4.74 Å². The van der Waals surface area contributed by atoms with Gasteiger partial charge in [0, 0.05) is 18.2 Å². The summed E-state index contributed by atoms with van der Waals surface area (Å²) in [5, 5.41) is 16.3. The highest BCUT2D eigenvalue weighted by atomic mass is 16.6. The molecule has 0 saturated carbocycles. The van der Waals surface area contributed by atoms with E-state index in [2.05, 4.69) is 10.6 Å². The Hall–Kier alpha value is -2.77. The van der Waals surface area contributed by atoms with Crippen molar-refractivity contribution in [3.8, 4) is 5.75 Å². The number of phenols is 1. The van der Waals surface area contributed by atoms with Crippen molar-refractivity contribution < 1.29 is 24.2 Å². The number of hydrogen-bond acceptors (Lipinski definition) is 5. The highest BCUT2D eigenvalue weighted by molar-refractivity contribution is 5.92. The van der Waals surface area contributed by atoms with E-state index < -0.39 is 29.7 Å². The van der Waals surface area contributed by atoms with E-state index in [9.17, 15) is 19.5 Å². The van der Waals surface area contributed by atoms with Crippen molar-refractivity contribution in [2.45, 2.75) is 105 Å². The van der Waals surface area contributed by atoms with E-state index in [1.165, 1.54) is 11.0 Å². The summed E-state index contributed by atoms with van der Waals surface area (Å²) < 4.78 is 5.40. The van der Waals surface area contributed by atoms with Gasteiger partial charge in [-0.15, -0.1) is 0 Å². The van der Waals surface area contributed by atoms with Gasteiger partial charge in [0.1, 0.15) is 23.4 Å². The third kappa shape index (κ3) is 9.78. The number of carbonyl (C=O) groups is 3. The van der Waals surface area contributed by atoms with Gasteiger partial charge < -0.3 is 25.4 Å². The van der Waals surface area contributed by atoms with Crippen LogP contribution in [0.3, 0.4) is 0 Å². The topological polar surface area (TPSA) is 108 Å². The average molecular weight is 492 g/mol. The van der Waals surface area contributed by atoms with Crippen molar-refractivity contribution in [1.29, 1.82) is 0 Å². The van der Waals surface area contributed by atoms with Crippen LogP contribution >= 0.6 is 0 Å². The summed E-state index contributed by atoms with van der Waals surface area (Å²) in [6, 6.07) is 4.28. The lowest BCUT2D eigenvalue weighted by Crippen LogP contribution is -2.55. The number of nitrogens with one attached hydrogen (secondary N) is 2. The summed E-state index contributed by atoms with van der Waals surface area (Å²) >= 11 is 0. The van der Waals surface area contributed by atoms with Gasteiger partial charge in [0.05, 0.1) is 0 Å². The number of hydrogen-bond donors (Lipinski definition) is 3. The van der Waals surface area contributed by atoms with Crippen LogP contribution in [0.5, 0.6) is 5.75 Å². The molecule has 0 saturated heterocycles. The monoisotopic (exact) mass is 491 g/mol. The molecule has 0 aliphatic rings. The normalized spacial score (nSPS) is 14.1. The van der Waals surface area contributed by atoms with Gasteiger partial charge in [0.25, 0.3) is 0 Å². The van der Waals surface area contributed by atoms with Crippen molar-refractivity contribution in [3.05, 3.63) is 29.8 Å². The molecule has 0 aliphatic carbocycles. The maximum absolute atomic E-state index is 14.0. The van der Waals surface area contributed by atoms with Gasteiger partial charge in [-0.05, 0) is 58.9 Å². The molecule has 8 heteroatoms. The van der Waals surface area contributed by atoms with Crippen molar-refractivity contribution in [1.82, 2.24) is 15.5 Å². The molecule has 8 nitrogen and oxygen atoms in total. The lowest BCUT2D eigenvalue weighted by atomic mass is 9.96. The largest absolute Gasteiger partial charge is 0.508 e. The minimum Gasteiger partial charge on any atom is -0.508 e. The zero-order chi connectivity index (χ0) is 26.8. The first-order valence-electron chi connectivity index (χ1n) is 12.7. The number of alkyl carbamates (subject to hydrolysis) is 1. The molecule has 3 atom stereocenters. The van der Waals surface area contributed by atoms with Crippen LogP contribution < -0.4 is 10.6 Å². The van der Waals surface area contributed by atoms with E-state index in [0.717, 1.165) is 12.8 Å². The summed E-state index contributed by atoms with van der Waals surface area (Å²) in [4.78, 5) is 41.6. The number of rotatable bonds is 12. The quantitative estimate of drug-likeness (QED) is 0.360. The van der Waals surface area contributed by atoms with Crippen LogP contribution in [-0.2, 0) is 14.3 Å². The molecule has 0 heterocycles. The Kier molecular flexibility index (Phi) is 12.1. The second-order valence-corrected chi connectivity index (χ2v) is 10.4. The molecule has 198 valence electrons. The van der Waals surface area contributed by atoms with E-state index >= 15 is 0 Å². The van der Waals surface area contributed by atoms with Crippen LogP contribution in [0.1, 0.15) is 92.7 Å². The first kappa shape index (κ1) is 30.3. The molecule has 1 aromatic carbocycles. The summed E-state index contributed by atoms with van der Waals surface area (Å²) in [5.41, 5.74) is -0.376. The van der Waals surface area contributed by atoms with Crippen molar-refractivity contribution in [2.24, 2.45) is 5.92 Å². The van der Waals surface area contributed by atoms with Gasteiger partial charge in [-0.2, -0.15) is 0 Å². The van der Waals surface area contributed by atoms with Crippen LogP contribution in [0, 0.1) is 5.92 Å². The number of amides is 3. The third-order valence-corrected chi connectivity index (χ3v) is 5.60. The molecule has 0 spiro atoms. The molecule has 1 rings (SSSR count). The molecule has 0 aliphatic heterocycles. The Balaban J connectivity index is 3.49. The highest BCUT2D eigenvalue weighted by Crippen LogP contribution is 2.32. The Bertz CT molecular complexity index is 834. The molecular weight excluding hydrogens is 446 g/mol. The van der Waals surface area contributed by atoms with Gasteiger partial charge >= 0.3 is 6.09 Å². The van der Waals surface area contributed by atoms with Crippen molar-refractivity contribution in [2.75, 3.05) is 6.54 Å². The SMILES string of the molecule is CCCCNC(=O)C(c1ccccc1O)N(C(=O)C(CC(C)C)NC(=O)OC(C)(C)C)C(C)CC. The Morgan fingerprint density at radius 2 is 1.71 bits per heavy atom. The predicted molar refractivity (Wildman–Crippen MR) is 138 cm³/mol. The minimum absolute atomic E-state index is 0.0650. The summed E-state index contributed by atoms with van der Waals surface area (Å²) in [7, 11) is 0. The number of carbonyl (C=O) groups excluding carboxylic acids is 3. The van der Waals surface area contributed by atoms with Gasteiger partial charge in [-0.1, -0.05) is 52.3 Å². The second-order valence-electron chi connectivity index (χ2n) is 10.4. The van der Waals surface area contributed by atoms with Gasteiger partial charge in [0.15, 0.2) is 0 Å². The van der Waals surface area contributed by atoms with Crippen LogP contribution in [0.4, 0.5) is 4.79 Å². The zero-order valence-corrected chi connectivity index (χ0v) is 22.7. The molecule has 3 amide bonds. The molecular formula is C27H45N3O5. The minimum atomic E-state index is -1.05. The van der Waals surface area contributed by atoms with Crippen LogP contribution in [-0.4, -0.2) is 52.1 Å². The molecule has 3 unspecified atom stereocenters. The van der Waals surface area contributed by atoms with Gasteiger partial charge in [0.2, 0.25) is 11.8 Å². The molecule has 0 bridgehead atoms. The number of benzene rings is 1. The Morgan fingerprint density at radius 3 is 2.23 bits per heavy atom. The molecule has 35 heavy (non-hydrogen) atoms. The smallest absolute Gasteiger partial charge is 0.408 e. The number of nitrogens with zero attached hydrogens (tertiary/aromatic N) is 1. The maximum Gasteiger partial charge on any atom is 0.408 e. The zero-order valence-electron chi connectivity index (χ0n) is 22.7. The number of para-hydroxylation sites is 1. The van der Waals surface area contributed by atoms with Crippen molar-refractivity contribution >= 4 is 17.9 Å². The summed E-state index contributed by atoms with van der Waals surface area (Å²) in [6.45, 7) is 15.5. The highest BCUT2D eigenvalue weighted by Gasteiger charge is 2.39. The first-order valence-corrected chi connectivity index (χ1v) is 12.7. The van der Waals surface area contributed by atoms with Gasteiger partial charge in [-0.3, -0.25) is 9.59 Å². The second kappa shape index (κ2) is 14.0. The third-order valence-electron chi connectivity index (χ3n) is 5.60. The molecule has 1 aromatic rings. The fourth-order valence-electron chi connectivity index (χ4n) is 3.74. The van der Waals surface area contributed by atoms with E-state index in [0.29, 0.717) is 24.9 Å². The van der Waals surface area contributed by atoms with Crippen LogP contribution in [0.2, 0.25) is 0 Å². The molecule has 0 aromatic heterocycles. The van der Waals surface area contributed by atoms with E-state index in [1.807, 2.05) is 34.6 Å². The number of phenolic OH excluding ortho intramolecular Hbond substituents is 1. The molecule has 3 N–H and O–H groups in total. The summed E-state index contributed by atoms with van der Waals surface area (Å²) in [6.07, 6.45) is 1.97. The van der Waals surface area contributed by atoms with E-state index in [-0.39, 0.29) is 23.6 Å². The fraction of sp³-hybridized carbons (Fsp3) is 0.667. The van der Waals surface area contributed by atoms with Crippen LogP contribution in [0.15, 0.2) is 24.3 Å². The molecule has 0 radical (unpaired) electrons. The predicted octanol–water partition coefficient (Wildman–Crippen LogP) is 4.92. The molecule has 0 fully saturated rings. The average Bonchev–Trinajstić information content (AvgIpc) is 2.75. The number of ether oxygens (including phenoxy) is 1. The Morgan fingerprint density at radius 1 is 1.09 bits per heavy atom. The first-order chi connectivity index (χ1) is 16.3. The number of unbranched alkanes of at least 4 members (excludes halogenated alkanes) is 1. The maximum atomic E-state index is 14.0. The Labute approximate surface area is 210 Å². The van der Waals surface area contributed by atoms with Crippen molar-refractivity contribution in [3.63, 3.8) is 0 Å². The summed E-state index contributed by atoms with van der Waals surface area (Å²) in [5.74, 6) is -0.726. The van der Waals surface area contributed by atoms with Gasteiger partial charge in [-0.25, -0.2) is 4.79 Å². The fourth-order valence-corrected chi connectivity index (χ4v) is 3.74. The number of aromatic hydroxyl groups is 1. The lowest BCUT2D eigenvalue weighted by molar-refractivity contribution is -0.145. The van der Waals surface area contributed by atoms with E-state index in [1.54, 1.807) is 39.0 Å². The lowest BCUT2D eigenvalue weighted by Gasteiger charge is -2.38. The standard InChI is InChI=1S/C27H45N3O5/c1-9-11-16-28-24(32)23(20-14-12-13-15-22(20)31)30(19(5)10-2)25(33)21(17-18(3)4)29-26(34)35-27(6,7)8/h12-15,18-19,21,23,31H,9-11,16-17H2,1-8H3,(H,28,32)(H,29,34).